The molecule has 0 spiro atoms. The number of amides is 1. The summed E-state index contributed by atoms with van der Waals surface area (Å²) < 4.78 is 6.23. The van der Waals surface area contributed by atoms with Crippen molar-refractivity contribution in [2.45, 2.75) is 6.04 Å². The van der Waals surface area contributed by atoms with Crippen LogP contribution >= 0.6 is 27.5 Å². The van der Waals surface area contributed by atoms with Crippen LogP contribution in [0.3, 0.4) is 0 Å². The molecule has 1 fully saturated rings. The molecule has 1 aromatic rings. The maximum atomic E-state index is 12.3. The van der Waals surface area contributed by atoms with Crippen molar-refractivity contribution in [3.05, 3.63) is 34.3 Å². The van der Waals surface area contributed by atoms with E-state index in [9.17, 15) is 4.79 Å². The second-order valence-corrected chi connectivity index (χ2v) is 5.12. The standard InChI is InChI=1S/C12H13BrClNO2/c13-10-3-1-2-9(6-10)12(16)15-4-5-17-8-11(15)7-14/h1-3,6,11H,4-5,7-8H2. The maximum Gasteiger partial charge on any atom is 0.254 e. The summed E-state index contributed by atoms with van der Waals surface area (Å²) in [5.41, 5.74) is 0.677. The summed E-state index contributed by atoms with van der Waals surface area (Å²) in [4.78, 5) is 14.1. The number of morpholine rings is 1. The minimum atomic E-state index is -0.0306. The molecule has 1 aliphatic rings. The zero-order valence-electron chi connectivity index (χ0n) is 9.23. The van der Waals surface area contributed by atoms with Gasteiger partial charge in [0, 0.05) is 22.5 Å². The number of carbonyl (C=O) groups excluding carboxylic acids is 1. The van der Waals surface area contributed by atoms with Crippen molar-refractivity contribution in [1.29, 1.82) is 0 Å². The molecule has 1 saturated heterocycles. The van der Waals surface area contributed by atoms with Gasteiger partial charge in [0.15, 0.2) is 0 Å². The molecule has 0 N–H and O–H groups in total. The summed E-state index contributed by atoms with van der Waals surface area (Å²) in [6.45, 7) is 1.69. The van der Waals surface area contributed by atoms with Gasteiger partial charge in [0.05, 0.1) is 19.3 Å². The molecular formula is C12H13BrClNO2. The van der Waals surface area contributed by atoms with E-state index in [2.05, 4.69) is 15.9 Å². The lowest BCUT2D eigenvalue weighted by Crippen LogP contribution is -2.49. The zero-order valence-corrected chi connectivity index (χ0v) is 11.6. The van der Waals surface area contributed by atoms with Gasteiger partial charge in [-0.3, -0.25) is 4.79 Å². The second-order valence-electron chi connectivity index (χ2n) is 3.89. The normalized spacial score (nSPS) is 20.4. The van der Waals surface area contributed by atoms with Gasteiger partial charge in [-0.2, -0.15) is 0 Å². The van der Waals surface area contributed by atoms with Crippen molar-refractivity contribution in [1.82, 2.24) is 4.90 Å². The van der Waals surface area contributed by atoms with Gasteiger partial charge in [0.25, 0.3) is 5.91 Å². The van der Waals surface area contributed by atoms with Gasteiger partial charge in [-0.15, -0.1) is 11.6 Å². The first-order valence-electron chi connectivity index (χ1n) is 5.42. The lowest BCUT2D eigenvalue weighted by atomic mass is 10.1. The number of rotatable bonds is 2. The number of halogens is 2. The van der Waals surface area contributed by atoms with Gasteiger partial charge in [0.2, 0.25) is 0 Å². The largest absolute Gasteiger partial charge is 0.377 e. The Hall–Kier alpha value is -0.580. The number of benzene rings is 1. The van der Waals surface area contributed by atoms with Crippen LogP contribution in [-0.4, -0.2) is 42.5 Å². The lowest BCUT2D eigenvalue weighted by Gasteiger charge is -2.34. The number of carbonyl (C=O) groups is 1. The van der Waals surface area contributed by atoms with Crippen LogP contribution in [0, 0.1) is 0 Å². The van der Waals surface area contributed by atoms with Gasteiger partial charge in [-0.1, -0.05) is 22.0 Å². The molecule has 17 heavy (non-hydrogen) atoms. The van der Waals surface area contributed by atoms with Crippen LogP contribution in [0.2, 0.25) is 0 Å². The fourth-order valence-electron chi connectivity index (χ4n) is 1.84. The second kappa shape index (κ2) is 5.85. The molecule has 1 amide bonds. The number of ether oxygens (including phenoxy) is 1. The molecule has 0 bridgehead atoms. The van der Waals surface area contributed by atoms with E-state index in [1.165, 1.54) is 0 Å². The quantitative estimate of drug-likeness (QED) is 0.784. The van der Waals surface area contributed by atoms with Crippen LogP contribution < -0.4 is 0 Å². The topological polar surface area (TPSA) is 29.5 Å². The maximum absolute atomic E-state index is 12.3. The molecule has 5 heteroatoms. The summed E-state index contributed by atoms with van der Waals surface area (Å²) >= 11 is 9.22. The van der Waals surface area contributed by atoms with Crippen LogP contribution in [0.1, 0.15) is 10.4 Å². The Kier molecular flexibility index (Phi) is 4.42. The summed E-state index contributed by atoms with van der Waals surface area (Å²) in [5.74, 6) is 0.417. The Morgan fingerprint density at radius 2 is 2.41 bits per heavy atom. The molecule has 92 valence electrons. The molecule has 1 heterocycles. The molecule has 0 saturated carbocycles. The summed E-state index contributed by atoms with van der Waals surface area (Å²) in [6, 6.07) is 7.36. The van der Waals surface area contributed by atoms with Crippen LogP contribution in [0.25, 0.3) is 0 Å². The minimum absolute atomic E-state index is 0.0141. The fraction of sp³-hybridized carbons (Fsp3) is 0.417. The van der Waals surface area contributed by atoms with Gasteiger partial charge in [0.1, 0.15) is 0 Å². The van der Waals surface area contributed by atoms with E-state index < -0.39 is 0 Å². The van der Waals surface area contributed by atoms with Crippen molar-refractivity contribution in [3.8, 4) is 0 Å². The third-order valence-electron chi connectivity index (χ3n) is 2.74. The molecule has 0 aromatic heterocycles. The summed E-state index contributed by atoms with van der Waals surface area (Å²) in [7, 11) is 0. The fourth-order valence-corrected chi connectivity index (χ4v) is 2.49. The SMILES string of the molecule is O=C(c1cccc(Br)c1)N1CCOCC1CCl. The Morgan fingerprint density at radius 3 is 3.12 bits per heavy atom. The first-order valence-corrected chi connectivity index (χ1v) is 6.75. The van der Waals surface area contributed by atoms with E-state index >= 15 is 0 Å². The van der Waals surface area contributed by atoms with Gasteiger partial charge in [-0.05, 0) is 18.2 Å². The van der Waals surface area contributed by atoms with Gasteiger partial charge in [-0.25, -0.2) is 0 Å². The van der Waals surface area contributed by atoms with Gasteiger partial charge < -0.3 is 9.64 Å². The molecule has 1 aliphatic heterocycles. The third kappa shape index (κ3) is 3.00. The molecule has 2 rings (SSSR count). The molecular weight excluding hydrogens is 305 g/mol. The highest BCUT2D eigenvalue weighted by molar-refractivity contribution is 9.10. The van der Waals surface area contributed by atoms with Crippen molar-refractivity contribution in [3.63, 3.8) is 0 Å². The smallest absolute Gasteiger partial charge is 0.254 e. The molecule has 0 aliphatic carbocycles. The number of hydrogen-bond acceptors (Lipinski definition) is 2. The highest BCUT2D eigenvalue weighted by atomic mass is 79.9. The van der Waals surface area contributed by atoms with Crippen LogP contribution in [0.15, 0.2) is 28.7 Å². The van der Waals surface area contributed by atoms with Crippen molar-refractivity contribution in [2.24, 2.45) is 0 Å². The van der Waals surface area contributed by atoms with E-state index in [1.807, 2.05) is 24.3 Å². The van der Waals surface area contributed by atoms with Crippen molar-refractivity contribution >= 4 is 33.4 Å². The highest BCUT2D eigenvalue weighted by Gasteiger charge is 2.27. The Balaban J connectivity index is 2.18. The summed E-state index contributed by atoms with van der Waals surface area (Å²) in [5, 5.41) is 0. The monoisotopic (exact) mass is 317 g/mol. The Bertz CT molecular complexity index is 413. The summed E-state index contributed by atoms with van der Waals surface area (Å²) in [6.07, 6.45) is 0. The van der Waals surface area contributed by atoms with E-state index in [4.69, 9.17) is 16.3 Å². The first-order chi connectivity index (χ1) is 8.22. The average Bonchev–Trinajstić information content (AvgIpc) is 2.38. The van der Waals surface area contributed by atoms with E-state index in [-0.39, 0.29) is 11.9 Å². The van der Waals surface area contributed by atoms with Crippen LogP contribution in [-0.2, 0) is 4.74 Å². The van der Waals surface area contributed by atoms with E-state index in [0.717, 1.165) is 4.47 Å². The van der Waals surface area contributed by atoms with E-state index in [1.54, 1.807) is 4.90 Å². The van der Waals surface area contributed by atoms with Crippen molar-refractivity contribution in [2.75, 3.05) is 25.6 Å². The minimum Gasteiger partial charge on any atom is -0.377 e. The molecule has 1 aromatic carbocycles. The molecule has 1 unspecified atom stereocenters. The highest BCUT2D eigenvalue weighted by Crippen LogP contribution is 2.17. The first kappa shape index (κ1) is 12.9. The lowest BCUT2D eigenvalue weighted by molar-refractivity contribution is 0.00456. The average molecular weight is 319 g/mol. The van der Waals surface area contributed by atoms with Crippen molar-refractivity contribution < 1.29 is 9.53 Å². The van der Waals surface area contributed by atoms with Gasteiger partial charge >= 0.3 is 0 Å². The third-order valence-corrected chi connectivity index (χ3v) is 3.59. The van der Waals surface area contributed by atoms with Crippen LogP contribution in [0.5, 0.6) is 0 Å². The van der Waals surface area contributed by atoms with E-state index in [0.29, 0.717) is 31.2 Å². The number of hydrogen-bond donors (Lipinski definition) is 0. The zero-order chi connectivity index (χ0) is 12.3. The number of nitrogens with zero attached hydrogens (tertiary/aromatic N) is 1. The molecule has 0 radical (unpaired) electrons. The predicted octanol–water partition coefficient (Wildman–Crippen LogP) is 2.53. The Morgan fingerprint density at radius 1 is 1.59 bits per heavy atom. The predicted molar refractivity (Wildman–Crippen MR) is 70.5 cm³/mol. The molecule has 3 nitrogen and oxygen atoms in total. The number of alkyl halides is 1. The van der Waals surface area contributed by atoms with Crippen LogP contribution in [0.4, 0.5) is 0 Å². The molecule has 1 atom stereocenters. The Labute approximate surface area is 114 Å².